The zero-order valence-electron chi connectivity index (χ0n) is 18.7. The number of rotatable bonds is 6. The van der Waals surface area contributed by atoms with E-state index in [1.807, 2.05) is 0 Å². The Morgan fingerprint density at radius 1 is 1.00 bits per heavy atom. The molecule has 0 aliphatic heterocycles. The fourth-order valence-corrected chi connectivity index (χ4v) is 4.92. The molecule has 3 aromatic carbocycles. The number of aromatic hydroxyl groups is 2. The van der Waals surface area contributed by atoms with Crippen molar-refractivity contribution in [2.45, 2.75) is 0 Å². The van der Waals surface area contributed by atoms with Crippen LogP contribution in [0.5, 0.6) is 23.1 Å². The van der Waals surface area contributed by atoms with Crippen LogP contribution in [-0.2, 0) is 0 Å². The highest BCUT2D eigenvalue weighted by Crippen LogP contribution is 2.46. The molecule has 0 aliphatic rings. The van der Waals surface area contributed by atoms with Gasteiger partial charge in [0.25, 0.3) is 0 Å². The van der Waals surface area contributed by atoms with E-state index in [4.69, 9.17) is 9.47 Å². The van der Waals surface area contributed by atoms with Gasteiger partial charge in [0, 0.05) is 0 Å². The summed E-state index contributed by atoms with van der Waals surface area (Å²) in [6.45, 7) is 0. The van der Waals surface area contributed by atoms with Crippen molar-refractivity contribution in [3.8, 4) is 39.5 Å². The van der Waals surface area contributed by atoms with Crippen LogP contribution in [0.2, 0.25) is 0 Å². The molecule has 0 spiro atoms. The van der Waals surface area contributed by atoms with Gasteiger partial charge in [-0.15, -0.1) is 0 Å². The Hall–Kier alpha value is -4.37. The third kappa shape index (κ3) is 3.75. The Kier molecular flexibility index (Phi) is 5.62. The zero-order chi connectivity index (χ0) is 24.7. The van der Waals surface area contributed by atoms with Crippen LogP contribution in [-0.4, -0.2) is 39.8 Å². The minimum absolute atomic E-state index is 0.157. The van der Waals surface area contributed by atoms with Crippen molar-refractivity contribution in [2.75, 3.05) is 14.2 Å². The van der Waals surface area contributed by atoms with Crippen molar-refractivity contribution in [2.24, 2.45) is 0 Å². The molecule has 2 heterocycles. The van der Waals surface area contributed by atoms with Crippen molar-refractivity contribution in [1.29, 1.82) is 0 Å². The maximum absolute atomic E-state index is 13.7. The number of thiazole rings is 1. The van der Waals surface area contributed by atoms with Gasteiger partial charge in [-0.3, -0.25) is 9.36 Å². The standard InChI is InChI=1S/C26H19FN2O5S/c1-33-16-11-12-18-20(13-16)35-26(28-18)29-22(14-7-9-15(27)10-8-14)21(24(31)25(29)32)23(30)17-5-3-4-6-19(17)34-2/h3-13,31-32H,1-2H3. The minimum atomic E-state index is -0.614. The summed E-state index contributed by atoms with van der Waals surface area (Å²) in [6.07, 6.45) is 0. The Morgan fingerprint density at radius 2 is 1.74 bits per heavy atom. The number of aromatic nitrogens is 2. The van der Waals surface area contributed by atoms with Gasteiger partial charge >= 0.3 is 0 Å². The van der Waals surface area contributed by atoms with E-state index >= 15 is 0 Å². The van der Waals surface area contributed by atoms with Crippen molar-refractivity contribution in [3.05, 3.63) is 83.7 Å². The largest absolute Gasteiger partial charge is 0.503 e. The number of halogens is 1. The van der Waals surface area contributed by atoms with E-state index < -0.39 is 23.2 Å². The number of hydrogen-bond donors (Lipinski definition) is 2. The van der Waals surface area contributed by atoms with Crippen LogP contribution < -0.4 is 9.47 Å². The van der Waals surface area contributed by atoms with Gasteiger partial charge in [0.05, 0.1) is 41.3 Å². The third-order valence-corrected chi connectivity index (χ3v) is 6.60. The van der Waals surface area contributed by atoms with E-state index in [0.29, 0.717) is 27.7 Å². The Morgan fingerprint density at radius 3 is 2.46 bits per heavy atom. The van der Waals surface area contributed by atoms with E-state index in [9.17, 15) is 19.4 Å². The molecule has 5 rings (SSSR count). The average molecular weight is 491 g/mol. The molecule has 2 aromatic heterocycles. The van der Waals surface area contributed by atoms with E-state index in [0.717, 1.165) is 4.70 Å². The molecule has 0 atom stereocenters. The average Bonchev–Trinajstić information content (AvgIpc) is 3.41. The van der Waals surface area contributed by atoms with Gasteiger partial charge in [0.2, 0.25) is 11.7 Å². The first-order chi connectivity index (χ1) is 16.9. The van der Waals surface area contributed by atoms with Crippen molar-refractivity contribution < 1.29 is 28.9 Å². The molecule has 5 aromatic rings. The monoisotopic (exact) mass is 490 g/mol. The second-order valence-electron chi connectivity index (χ2n) is 7.60. The molecule has 0 bridgehead atoms. The molecule has 2 N–H and O–H groups in total. The fourth-order valence-electron chi connectivity index (χ4n) is 3.91. The van der Waals surface area contributed by atoms with Crippen molar-refractivity contribution in [1.82, 2.24) is 9.55 Å². The van der Waals surface area contributed by atoms with Crippen molar-refractivity contribution in [3.63, 3.8) is 0 Å². The van der Waals surface area contributed by atoms with Crippen LogP contribution in [0.3, 0.4) is 0 Å². The van der Waals surface area contributed by atoms with Crippen molar-refractivity contribution >= 4 is 27.3 Å². The van der Waals surface area contributed by atoms with Gasteiger partial charge in [-0.1, -0.05) is 23.5 Å². The quantitative estimate of drug-likeness (QED) is 0.303. The molecule has 176 valence electrons. The molecule has 0 fully saturated rings. The minimum Gasteiger partial charge on any atom is -0.503 e. The van der Waals surface area contributed by atoms with E-state index in [1.54, 1.807) is 49.6 Å². The third-order valence-electron chi connectivity index (χ3n) is 5.59. The summed E-state index contributed by atoms with van der Waals surface area (Å²) in [6, 6.07) is 17.3. The van der Waals surface area contributed by atoms with Crippen LogP contribution in [0.4, 0.5) is 4.39 Å². The van der Waals surface area contributed by atoms with E-state index in [2.05, 4.69) is 4.98 Å². The zero-order valence-corrected chi connectivity index (χ0v) is 19.5. The van der Waals surface area contributed by atoms with Gasteiger partial charge in [0.15, 0.2) is 10.9 Å². The number of nitrogens with zero attached hydrogens (tertiary/aromatic N) is 2. The number of ketones is 1. The summed E-state index contributed by atoms with van der Waals surface area (Å²) >= 11 is 1.23. The highest BCUT2D eigenvalue weighted by atomic mass is 32.1. The molecule has 0 radical (unpaired) electrons. The number of benzene rings is 3. The van der Waals surface area contributed by atoms with E-state index in [1.165, 1.54) is 47.3 Å². The van der Waals surface area contributed by atoms with Gasteiger partial charge in [0.1, 0.15) is 17.3 Å². The summed E-state index contributed by atoms with van der Waals surface area (Å²) in [7, 11) is 2.99. The number of fused-ring (bicyclic) bond motifs is 1. The lowest BCUT2D eigenvalue weighted by atomic mass is 9.98. The van der Waals surface area contributed by atoms with Crippen LogP contribution in [0.15, 0.2) is 66.7 Å². The molecule has 35 heavy (non-hydrogen) atoms. The number of carbonyl (C=O) groups is 1. The summed E-state index contributed by atoms with van der Waals surface area (Å²) in [5.41, 5.74) is 1.25. The number of methoxy groups -OCH3 is 2. The SMILES string of the molecule is COc1ccc2nc(-n3c(O)c(O)c(C(=O)c4ccccc4OC)c3-c3ccc(F)cc3)sc2c1. The molecule has 0 aliphatic carbocycles. The highest BCUT2D eigenvalue weighted by Gasteiger charge is 2.32. The lowest BCUT2D eigenvalue weighted by molar-refractivity contribution is 0.103. The smallest absolute Gasteiger partial charge is 0.242 e. The summed E-state index contributed by atoms with van der Waals surface area (Å²) in [5, 5.41) is 22.3. The van der Waals surface area contributed by atoms with Crippen LogP contribution >= 0.6 is 11.3 Å². The number of carbonyl (C=O) groups excluding carboxylic acids is 1. The topological polar surface area (TPSA) is 93.8 Å². The molecular formula is C26H19FN2O5S. The molecule has 0 saturated carbocycles. The second kappa shape index (κ2) is 8.77. The van der Waals surface area contributed by atoms with Crippen LogP contribution in [0.25, 0.3) is 26.6 Å². The summed E-state index contributed by atoms with van der Waals surface area (Å²) in [5.74, 6) is -1.27. The molecule has 0 amide bonds. The van der Waals surface area contributed by atoms with Gasteiger partial charge in [-0.2, -0.15) is 0 Å². The summed E-state index contributed by atoms with van der Waals surface area (Å²) in [4.78, 5) is 18.3. The predicted octanol–water partition coefficient (Wildman–Crippen LogP) is 5.55. The normalized spacial score (nSPS) is 11.1. The fraction of sp³-hybridized carbons (Fsp3) is 0.0769. The lowest BCUT2D eigenvalue weighted by Gasteiger charge is -2.11. The maximum atomic E-state index is 13.7. The van der Waals surface area contributed by atoms with Gasteiger partial charge < -0.3 is 19.7 Å². The number of para-hydroxylation sites is 1. The van der Waals surface area contributed by atoms with Crippen LogP contribution in [0, 0.1) is 5.82 Å². The van der Waals surface area contributed by atoms with Crippen LogP contribution in [0.1, 0.15) is 15.9 Å². The maximum Gasteiger partial charge on any atom is 0.242 e. The Labute approximate surface area is 203 Å². The first kappa shape index (κ1) is 22.4. The first-order valence-electron chi connectivity index (χ1n) is 10.5. The number of ether oxygens (including phenoxy) is 2. The predicted molar refractivity (Wildman–Crippen MR) is 131 cm³/mol. The lowest BCUT2D eigenvalue weighted by Crippen LogP contribution is -2.06. The molecular weight excluding hydrogens is 471 g/mol. The molecule has 0 saturated heterocycles. The highest BCUT2D eigenvalue weighted by molar-refractivity contribution is 7.20. The second-order valence-corrected chi connectivity index (χ2v) is 8.61. The summed E-state index contributed by atoms with van der Waals surface area (Å²) < 4.78 is 26.4. The first-order valence-corrected chi connectivity index (χ1v) is 11.3. The Balaban J connectivity index is 1.80. The number of hydrogen-bond acceptors (Lipinski definition) is 7. The Bertz CT molecular complexity index is 1570. The molecule has 0 unspecified atom stereocenters. The van der Waals surface area contributed by atoms with Gasteiger partial charge in [-0.25, -0.2) is 9.37 Å². The molecule has 9 heteroatoms. The van der Waals surface area contributed by atoms with E-state index in [-0.39, 0.29) is 16.8 Å². The molecule has 7 nitrogen and oxygen atoms in total. The van der Waals surface area contributed by atoms with Gasteiger partial charge in [-0.05, 0) is 60.2 Å².